The van der Waals surface area contributed by atoms with E-state index in [4.69, 9.17) is 14.2 Å². The Balaban J connectivity index is 0.993. The lowest BCUT2D eigenvalue weighted by Crippen LogP contribution is -2.55. The summed E-state index contributed by atoms with van der Waals surface area (Å²) in [6.07, 6.45) is -3.08. The summed E-state index contributed by atoms with van der Waals surface area (Å²) in [6, 6.07) is 16.4. The van der Waals surface area contributed by atoms with Crippen molar-refractivity contribution in [2.45, 2.75) is 43.6 Å². The van der Waals surface area contributed by atoms with E-state index in [-0.39, 0.29) is 25.2 Å². The molecule has 4 heterocycles. The second-order valence-corrected chi connectivity index (χ2v) is 11.6. The van der Waals surface area contributed by atoms with E-state index in [0.717, 1.165) is 11.1 Å². The van der Waals surface area contributed by atoms with Crippen LogP contribution in [0.15, 0.2) is 64.3 Å². The minimum absolute atomic E-state index is 0.0209. The summed E-state index contributed by atoms with van der Waals surface area (Å²) < 4.78 is 19.3. The highest BCUT2D eigenvalue weighted by atomic mass is 16.6. The topological polar surface area (TPSA) is 147 Å². The number of rotatable bonds is 5. The predicted octanol–water partition coefficient (Wildman–Crippen LogP) is 1.00. The standard InChI is InChI=1S/C31H34N4O8/c1-17-14-35(30(39)32-27(17)38)29-26-24(23(15-36)42-29)25(37)28(43-26)33-10-12-34(13-11-33)31(40)41-16-22-20-8-4-2-6-18(20)19-7-3-5-9-21(19)22/h2-9,14,22-26,28-29,36-37H,10-13,15-16H2,1H3,(H,32,38,39)/t23-,24?,25-,26+,28-,29-/m1/s1. The zero-order chi connectivity index (χ0) is 29.8. The zero-order valence-corrected chi connectivity index (χ0v) is 23.7. The van der Waals surface area contributed by atoms with Gasteiger partial charge in [-0.15, -0.1) is 0 Å². The maximum atomic E-state index is 13.1. The van der Waals surface area contributed by atoms with Crippen molar-refractivity contribution in [1.82, 2.24) is 19.4 Å². The maximum Gasteiger partial charge on any atom is 0.409 e. The van der Waals surface area contributed by atoms with Gasteiger partial charge in [-0.3, -0.25) is 19.2 Å². The number of aryl methyl sites for hydroxylation is 1. The summed E-state index contributed by atoms with van der Waals surface area (Å²) in [6.45, 7) is 3.12. The molecule has 0 spiro atoms. The molecule has 6 atom stereocenters. The van der Waals surface area contributed by atoms with Gasteiger partial charge in [0.2, 0.25) is 0 Å². The number of aromatic amines is 1. The quantitative estimate of drug-likeness (QED) is 0.396. The van der Waals surface area contributed by atoms with Gasteiger partial charge in [0.25, 0.3) is 5.56 Å². The van der Waals surface area contributed by atoms with Crippen LogP contribution in [0.5, 0.6) is 0 Å². The molecule has 3 aromatic rings. The largest absolute Gasteiger partial charge is 0.448 e. The molecule has 43 heavy (non-hydrogen) atoms. The molecule has 2 aromatic carbocycles. The second kappa shape index (κ2) is 11.0. The van der Waals surface area contributed by atoms with Crippen LogP contribution in [0, 0.1) is 12.8 Å². The molecule has 0 bridgehead atoms. The number of piperazine rings is 1. The van der Waals surface area contributed by atoms with Crippen LogP contribution in [0.2, 0.25) is 0 Å². The third-order valence-electron chi connectivity index (χ3n) is 9.26. The number of hydrogen-bond donors (Lipinski definition) is 3. The summed E-state index contributed by atoms with van der Waals surface area (Å²) in [5, 5.41) is 21.3. The number of fused-ring (bicyclic) bond motifs is 4. The van der Waals surface area contributed by atoms with Gasteiger partial charge in [0, 0.05) is 49.8 Å². The molecule has 4 aliphatic rings. The summed E-state index contributed by atoms with van der Waals surface area (Å²) in [4.78, 5) is 43.4. The molecule has 3 N–H and O–H groups in total. The van der Waals surface area contributed by atoms with Crippen molar-refractivity contribution < 1.29 is 29.2 Å². The number of H-pyrrole nitrogens is 1. The highest BCUT2D eigenvalue weighted by molar-refractivity contribution is 5.79. The van der Waals surface area contributed by atoms with Crippen molar-refractivity contribution in [3.8, 4) is 11.1 Å². The van der Waals surface area contributed by atoms with Gasteiger partial charge >= 0.3 is 11.8 Å². The van der Waals surface area contributed by atoms with Crippen LogP contribution in [-0.2, 0) is 14.2 Å². The van der Waals surface area contributed by atoms with Crippen molar-refractivity contribution in [2.24, 2.45) is 5.92 Å². The summed E-state index contributed by atoms with van der Waals surface area (Å²) >= 11 is 0. The van der Waals surface area contributed by atoms with Crippen LogP contribution in [0.1, 0.15) is 28.8 Å². The molecule has 3 saturated heterocycles. The molecule has 3 aliphatic heterocycles. The average molecular weight is 591 g/mol. The van der Waals surface area contributed by atoms with Crippen molar-refractivity contribution in [1.29, 1.82) is 0 Å². The highest BCUT2D eigenvalue weighted by Crippen LogP contribution is 2.46. The van der Waals surface area contributed by atoms with Gasteiger partial charge in [-0.2, -0.15) is 0 Å². The van der Waals surface area contributed by atoms with Gasteiger partial charge in [0.1, 0.15) is 25.0 Å². The summed E-state index contributed by atoms with van der Waals surface area (Å²) in [5.41, 5.74) is 3.83. The maximum absolute atomic E-state index is 13.1. The number of carbonyl (C=O) groups excluding carboxylic acids is 1. The third-order valence-corrected chi connectivity index (χ3v) is 9.26. The Morgan fingerprint density at radius 2 is 1.63 bits per heavy atom. The molecule has 1 aromatic heterocycles. The van der Waals surface area contributed by atoms with Crippen LogP contribution >= 0.6 is 0 Å². The van der Waals surface area contributed by atoms with E-state index < -0.39 is 47.9 Å². The Morgan fingerprint density at radius 3 is 2.28 bits per heavy atom. The van der Waals surface area contributed by atoms with Gasteiger partial charge in [0.05, 0.1) is 12.7 Å². The molecular formula is C31H34N4O8. The van der Waals surface area contributed by atoms with E-state index in [9.17, 15) is 24.6 Å². The first-order valence-corrected chi connectivity index (χ1v) is 14.6. The summed E-state index contributed by atoms with van der Waals surface area (Å²) in [7, 11) is 0. The molecular weight excluding hydrogens is 556 g/mol. The van der Waals surface area contributed by atoms with Gasteiger partial charge in [-0.25, -0.2) is 9.59 Å². The van der Waals surface area contributed by atoms with Gasteiger partial charge in [-0.1, -0.05) is 48.5 Å². The number of amides is 1. The van der Waals surface area contributed by atoms with Crippen LogP contribution < -0.4 is 11.2 Å². The van der Waals surface area contributed by atoms with Crippen molar-refractivity contribution in [2.75, 3.05) is 39.4 Å². The number of aliphatic hydroxyl groups is 2. The molecule has 7 rings (SSSR count). The SMILES string of the molecule is Cc1cn([C@@H]2O[C@H](CO)C3[C@@H](O)[C@H](N4CCN(C(=O)OCC5c6ccccc6-c6ccccc65)CC4)O[C@@H]32)c(=O)[nH]c1=O. The van der Waals surface area contributed by atoms with Crippen molar-refractivity contribution in [3.05, 3.63) is 92.3 Å². The Labute approximate surface area is 247 Å². The number of nitrogens with one attached hydrogen (secondary N) is 1. The van der Waals surface area contributed by atoms with E-state index in [2.05, 4.69) is 29.2 Å². The Hall–Kier alpha value is -3.81. The number of ether oxygens (including phenoxy) is 3. The second-order valence-electron chi connectivity index (χ2n) is 11.6. The van der Waals surface area contributed by atoms with Crippen LogP contribution in [0.3, 0.4) is 0 Å². The van der Waals surface area contributed by atoms with Gasteiger partial charge in [-0.05, 0) is 29.2 Å². The minimum Gasteiger partial charge on any atom is -0.448 e. The van der Waals surface area contributed by atoms with E-state index >= 15 is 0 Å². The van der Waals surface area contributed by atoms with Crippen LogP contribution in [0.4, 0.5) is 4.79 Å². The first-order chi connectivity index (χ1) is 20.9. The molecule has 1 aliphatic carbocycles. The number of benzene rings is 2. The Morgan fingerprint density at radius 1 is 0.977 bits per heavy atom. The van der Waals surface area contributed by atoms with E-state index in [0.29, 0.717) is 31.7 Å². The Bertz CT molecular complexity index is 1600. The Kier molecular flexibility index (Phi) is 7.18. The molecule has 3 fully saturated rings. The van der Waals surface area contributed by atoms with E-state index in [1.165, 1.54) is 21.9 Å². The number of carbonyl (C=O) groups is 1. The average Bonchev–Trinajstić information content (AvgIpc) is 3.67. The van der Waals surface area contributed by atoms with Crippen molar-refractivity contribution in [3.63, 3.8) is 0 Å². The molecule has 0 saturated carbocycles. The fraction of sp³-hybridized carbons (Fsp3) is 0.452. The van der Waals surface area contributed by atoms with Crippen LogP contribution in [-0.4, -0.2) is 99.6 Å². The molecule has 12 heteroatoms. The number of hydrogen-bond acceptors (Lipinski definition) is 9. The molecule has 12 nitrogen and oxygen atoms in total. The lowest BCUT2D eigenvalue weighted by Gasteiger charge is -2.38. The number of aromatic nitrogens is 2. The lowest BCUT2D eigenvalue weighted by molar-refractivity contribution is -0.152. The third kappa shape index (κ3) is 4.70. The number of aliphatic hydroxyl groups excluding tert-OH is 2. The molecule has 0 radical (unpaired) electrons. The normalized spacial score (nSPS) is 28.5. The first-order valence-electron chi connectivity index (χ1n) is 14.6. The predicted molar refractivity (Wildman–Crippen MR) is 153 cm³/mol. The monoisotopic (exact) mass is 590 g/mol. The summed E-state index contributed by atoms with van der Waals surface area (Å²) in [5.74, 6) is -0.605. The fourth-order valence-electron chi connectivity index (χ4n) is 7.06. The lowest BCUT2D eigenvalue weighted by atomic mass is 9.93. The van der Waals surface area contributed by atoms with Gasteiger partial charge < -0.3 is 29.3 Å². The fourth-order valence-corrected chi connectivity index (χ4v) is 7.06. The number of nitrogens with zero attached hydrogens (tertiary/aromatic N) is 3. The van der Waals surface area contributed by atoms with Crippen molar-refractivity contribution >= 4 is 6.09 Å². The van der Waals surface area contributed by atoms with E-state index in [1.807, 2.05) is 29.2 Å². The molecule has 1 unspecified atom stereocenters. The van der Waals surface area contributed by atoms with Gasteiger partial charge in [0.15, 0.2) is 6.23 Å². The zero-order valence-electron chi connectivity index (χ0n) is 23.7. The first kappa shape index (κ1) is 28.0. The smallest absolute Gasteiger partial charge is 0.409 e. The van der Waals surface area contributed by atoms with E-state index in [1.54, 1.807) is 11.8 Å². The minimum atomic E-state index is -0.993. The molecule has 1 amide bonds. The molecule has 226 valence electrons. The highest BCUT2D eigenvalue weighted by Gasteiger charge is 2.58. The van der Waals surface area contributed by atoms with Crippen LogP contribution in [0.25, 0.3) is 11.1 Å².